The number of hydrogen-bond donors (Lipinski definition) is 2. The zero-order valence-corrected chi connectivity index (χ0v) is 13.0. The van der Waals surface area contributed by atoms with Crippen LogP contribution < -0.4 is 10.6 Å². The van der Waals surface area contributed by atoms with Crippen LogP contribution in [0.3, 0.4) is 0 Å². The van der Waals surface area contributed by atoms with Gasteiger partial charge in [0.25, 0.3) is 11.6 Å². The highest BCUT2D eigenvalue weighted by atomic mass is 19.4. The Hall–Kier alpha value is -3.04. The lowest BCUT2D eigenvalue weighted by Gasteiger charge is -2.11. The molecule has 1 amide bonds. The number of rotatable bonds is 6. The van der Waals surface area contributed by atoms with Gasteiger partial charge in [-0.25, -0.2) is 0 Å². The summed E-state index contributed by atoms with van der Waals surface area (Å²) in [4.78, 5) is 21.9. The molecule has 10 heteroatoms. The molecule has 1 aromatic heterocycles. The number of amides is 1. The van der Waals surface area contributed by atoms with Gasteiger partial charge in [-0.1, -0.05) is 0 Å². The molecule has 0 fully saturated rings. The molecule has 0 aliphatic carbocycles. The van der Waals surface area contributed by atoms with Crippen LogP contribution in [-0.4, -0.2) is 23.9 Å². The number of nitrogens with one attached hydrogen (secondary N) is 2. The van der Waals surface area contributed by atoms with E-state index in [0.717, 1.165) is 12.1 Å². The minimum Gasteiger partial charge on any atom is -0.459 e. The smallest absolute Gasteiger partial charge is 0.416 e. The molecule has 25 heavy (non-hydrogen) atoms. The van der Waals surface area contributed by atoms with E-state index in [1.54, 1.807) is 13.0 Å². The average Bonchev–Trinajstić information content (AvgIpc) is 2.96. The summed E-state index contributed by atoms with van der Waals surface area (Å²) < 4.78 is 42.9. The van der Waals surface area contributed by atoms with E-state index in [-0.39, 0.29) is 24.5 Å². The summed E-state index contributed by atoms with van der Waals surface area (Å²) in [6.45, 7) is 1.87. The fourth-order valence-corrected chi connectivity index (χ4v) is 2.07. The number of nitrogens with zero attached hydrogens (tertiary/aromatic N) is 1. The first-order valence-corrected chi connectivity index (χ1v) is 7.12. The SMILES string of the molecule is Cc1ccoc1C(=O)NCCNc1ccc(C(F)(F)F)cc1[N+](=O)[O-]. The first-order chi connectivity index (χ1) is 11.7. The molecule has 2 aromatic rings. The van der Waals surface area contributed by atoms with Gasteiger partial charge in [0.05, 0.1) is 16.7 Å². The molecule has 1 heterocycles. The average molecular weight is 357 g/mol. The van der Waals surface area contributed by atoms with Gasteiger partial charge in [0.15, 0.2) is 5.76 Å². The normalized spacial score (nSPS) is 11.2. The molecule has 0 saturated heterocycles. The summed E-state index contributed by atoms with van der Waals surface area (Å²) in [7, 11) is 0. The second-order valence-corrected chi connectivity index (χ2v) is 5.10. The Morgan fingerprint density at radius 2 is 2.00 bits per heavy atom. The van der Waals surface area contributed by atoms with Crippen LogP contribution in [0.4, 0.5) is 24.5 Å². The highest BCUT2D eigenvalue weighted by Crippen LogP contribution is 2.34. The summed E-state index contributed by atoms with van der Waals surface area (Å²) in [6.07, 6.45) is -3.30. The van der Waals surface area contributed by atoms with Crippen molar-refractivity contribution in [2.45, 2.75) is 13.1 Å². The third kappa shape index (κ3) is 4.49. The fourth-order valence-electron chi connectivity index (χ4n) is 2.07. The number of alkyl halides is 3. The Balaban J connectivity index is 1.97. The number of aryl methyl sites for hydroxylation is 1. The van der Waals surface area contributed by atoms with Crippen LogP contribution in [0.1, 0.15) is 21.7 Å². The maximum Gasteiger partial charge on any atom is 0.416 e. The number of furan rings is 1. The van der Waals surface area contributed by atoms with Crippen molar-refractivity contribution in [2.24, 2.45) is 0 Å². The molecule has 2 N–H and O–H groups in total. The summed E-state index contributed by atoms with van der Waals surface area (Å²) in [5, 5.41) is 16.1. The highest BCUT2D eigenvalue weighted by Gasteiger charge is 2.33. The van der Waals surface area contributed by atoms with E-state index in [1.807, 2.05) is 0 Å². The first kappa shape index (κ1) is 18.3. The lowest BCUT2D eigenvalue weighted by atomic mass is 10.1. The number of halogens is 3. The van der Waals surface area contributed by atoms with Gasteiger partial charge in [-0.05, 0) is 25.1 Å². The maximum absolute atomic E-state index is 12.6. The van der Waals surface area contributed by atoms with E-state index in [4.69, 9.17) is 4.42 Å². The van der Waals surface area contributed by atoms with Crippen molar-refractivity contribution in [3.63, 3.8) is 0 Å². The lowest BCUT2D eigenvalue weighted by molar-refractivity contribution is -0.384. The number of carbonyl (C=O) groups excluding carboxylic acids is 1. The first-order valence-electron chi connectivity index (χ1n) is 7.12. The van der Waals surface area contributed by atoms with Crippen molar-refractivity contribution >= 4 is 17.3 Å². The summed E-state index contributed by atoms with van der Waals surface area (Å²) >= 11 is 0. The van der Waals surface area contributed by atoms with E-state index in [9.17, 15) is 28.1 Å². The second-order valence-electron chi connectivity index (χ2n) is 5.10. The van der Waals surface area contributed by atoms with E-state index in [1.165, 1.54) is 6.26 Å². The Kier molecular flexibility index (Phi) is 5.30. The van der Waals surface area contributed by atoms with Crippen LogP contribution in [0.15, 0.2) is 34.9 Å². The third-order valence-corrected chi connectivity index (χ3v) is 3.32. The monoisotopic (exact) mass is 357 g/mol. The summed E-state index contributed by atoms with van der Waals surface area (Å²) in [5.41, 5.74) is -1.21. The Bertz CT molecular complexity index is 787. The number of nitro groups is 1. The van der Waals surface area contributed by atoms with Gasteiger partial charge in [0.2, 0.25) is 0 Å². The van der Waals surface area contributed by atoms with Gasteiger partial charge in [-0.3, -0.25) is 14.9 Å². The standard InChI is InChI=1S/C15H14F3N3O4/c1-9-4-7-25-13(9)14(22)20-6-5-19-11-3-2-10(15(16,17)18)8-12(11)21(23)24/h2-4,7-8,19H,5-6H2,1H3,(H,20,22). The zero-order chi connectivity index (χ0) is 18.6. The number of hydrogen-bond acceptors (Lipinski definition) is 5. The fraction of sp³-hybridized carbons (Fsp3) is 0.267. The molecule has 7 nitrogen and oxygen atoms in total. The van der Waals surface area contributed by atoms with Crippen molar-refractivity contribution in [1.82, 2.24) is 5.32 Å². The van der Waals surface area contributed by atoms with E-state index in [2.05, 4.69) is 10.6 Å². The number of benzene rings is 1. The van der Waals surface area contributed by atoms with Crippen LogP contribution in [0.25, 0.3) is 0 Å². The molecule has 0 bridgehead atoms. The highest BCUT2D eigenvalue weighted by molar-refractivity contribution is 5.92. The quantitative estimate of drug-likeness (QED) is 0.469. The zero-order valence-electron chi connectivity index (χ0n) is 13.0. The predicted molar refractivity (Wildman–Crippen MR) is 82.4 cm³/mol. The molecule has 0 saturated carbocycles. The predicted octanol–water partition coefficient (Wildman–Crippen LogP) is 3.36. The van der Waals surface area contributed by atoms with Crippen LogP contribution in [-0.2, 0) is 6.18 Å². The molecule has 2 rings (SSSR count). The molecule has 0 unspecified atom stereocenters. The lowest BCUT2D eigenvalue weighted by Crippen LogP contribution is -2.29. The second kappa shape index (κ2) is 7.24. The molecule has 134 valence electrons. The van der Waals surface area contributed by atoms with Gasteiger partial charge in [0, 0.05) is 24.7 Å². The van der Waals surface area contributed by atoms with Gasteiger partial charge in [-0.2, -0.15) is 13.2 Å². The minimum absolute atomic E-state index is 0.0681. The van der Waals surface area contributed by atoms with Gasteiger partial charge < -0.3 is 15.1 Å². The largest absolute Gasteiger partial charge is 0.459 e. The summed E-state index contributed by atoms with van der Waals surface area (Å²) in [6, 6.07) is 3.82. The maximum atomic E-state index is 12.6. The molecular weight excluding hydrogens is 343 g/mol. The van der Waals surface area contributed by atoms with E-state index in [0.29, 0.717) is 11.6 Å². The van der Waals surface area contributed by atoms with Crippen molar-refractivity contribution < 1.29 is 27.3 Å². The van der Waals surface area contributed by atoms with Crippen LogP contribution in [0.2, 0.25) is 0 Å². The van der Waals surface area contributed by atoms with Crippen molar-refractivity contribution in [3.8, 4) is 0 Å². The van der Waals surface area contributed by atoms with Gasteiger partial charge in [-0.15, -0.1) is 0 Å². The Morgan fingerprint density at radius 1 is 1.28 bits per heavy atom. The Morgan fingerprint density at radius 3 is 2.56 bits per heavy atom. The van der Waals surface area contributed by atoms with Gasteiger partial charge >= 0.3 is 6.18 Å². The minimum atomic E-state index is -4.67. The van der Waals surface area contributed by atoms with E-state index < -0.39 is 28.3 Å². The van der Waals surface area contributed by atoms with Crippen molar-refractivity contribution in [1.29, 1.82) is 0 Å². The van der Waals surface area contributed by atoms with Gasteiger partial charge in [0.1, 0.15) is 5.69 Å². The van der Waals surface area contributed by atoms with Crippen LogP contribution >= 0.6 is 0 Å². The molecule has 0 spiro atoms. The number of carbonyl (C=O) groups is 1. The van der Waals surface area contributed by atoms with Crippen LogP contribution in [0.5, 0.6) is 0 Å². The molecule has 1 aromatic carbocycles. The molecular formula is C15H14F3N3O4. The number of anilines is 1. The Labute approximate surface area is 140 Å². The summed E-state index contributed by atoms with van der Waals surface area (Å²) in [5.74, 6) is -0.299. The molecule has 0 atom stereocenters. The molecule has 0 aliphatic heterocycles. The topological polar surface area (TPSA) is 97.4 Å². The third-order valence-electron chi connectivity index (χ3n) is 3.32. The van der Waals surface area contributed by atoms with Crippen molar-refractivity contribution in [2.75, 3.05) is 18.4 Å². The number of nitro benzene ring substituents is 1. The van der Waals surface area contributed by atoms with E-state index >= 15 is 0 Å². The van der Waals surface area contributed by atoms with Crippen molar-refractivity contribution in [3.05, 3.63) is 57.5 Å². The molecule has 0 aliphatic rings. The molecule has 0 radical (unpaired) electrons. The van der Waals surface area contributed by atoms with Crippen LogP contribution in [0, 0.1) is 17.0 Å².